The molecular weight excluding hydrogens is 847 g/mol. The van der Waals surface area contributed by atoms with Gasteiger partial charge < -0.3 is 29.2 Å². The Morgan fingerprint density at radius 1 is 0.721 bits per heavy atom. The molecule has 328 valence electrons. The van der Waals surface area contributed by atoms with Crippen molar-refractivity contribution in [2.75, 3.05) is 33.2 Å². The van der Waals surface area contributed by atoms with Gasteiger partial charge >= 0.3 is 11.9 Å². The molecule has 2 unspecified atom stereocenters. The fraction of sp³-hybridized carbons (Fsp3) is 0.438. The number of carboxylic acids is 2. The van der Waals surface area contributed by atoms with Crippen LogP contribution >= 0.6 is 45.8 Å². The molecule has 3 aromatic carbocycles. The Bertz CT molecular complexity index is 2350. The van der Waals surface area contributed by atoms with Gasteiger partial charge in [0.1, 0.15) is 27.3 Å². The predicted molar refractivity (Wildman–Crippen MR) is 254 cm³/mol. The number of rotatable bonds is 23. The van der Waals surface area contributed by atoms with Crippen LogP contribution in [0, 0.1) is 20.8 Å². The van der Waals surface area contributed by atoms with Crippen LogP contribution in [0.4, 0.5) is 0 Å². The highest BCUT2D eigenvalue weighted by Gasteiger charge is 2.21. The number of hydrogen-bond acceptors (Lipinski definition) is 11. The molecule has 61 heavy (non-hydrogen) atoms. The summed E-state index contributed by atoms with van der Waals surface area (Å²) in [5.74, 6) is 3.32. The lowest BCUT2D eigenvalue weighted by Crippen LogP contribution is -2.10. The summed E-state index contributed by atoms with van der Waals surface area (Å²) in [6.07, 6.45) is 9.18. The fourth-order valence-corrected chi connectivity index (χ4v) is 12.2. The second-order valence-electron chi connectivity index (χ2n) is 15.1. The maximum atomic E-state index is 10.8. The van der Waals surface area contributed by atoms with Crippen LogP contribution in [0.1, 0.15) is 109 Å². The Morgan fingerprint density at radius 3 is 1.82 bits per heavy atom. The van der Waals surface area contributed by atoms with Crippen LogP contribution in [0.15, 0.2) is 64.3 Å². The van der Waals surface area contributed by atoms with E-state index in [0.29, 0.717) is 29.9 Å². The van der Waals surface area contributed by atoms with Crippen LogP contribution in [-0.4, -0.2) is 60.3 Å². The summed E-state index contributed by atoms with van der Waals surface area (Å²) in [5.41, 5.74) is 4.28. The molecule has 0 fully saturated rings. The maximum Gasteiger partial charge on any atom is 0.341 e. The largest absolute Gasteiger partial charge is 0.497 e. The number of carbonyl (C=O) groups is 2. The second-order valence-corrected chi connectivity index (χ2v) is 19.5. The highest BCUT2D eigenvalue weighted by molar-refractivity contribution is 8.01. The summed E-state index contributed by atoms with van der Waals surface area (Å²) in [7, 11) is 3.42. The van der Waals surface area contributed by atoms with Crippen molar-refractivity contribution in [3.63, 3.8) is 0 Å². The number of aliphatic carboxylic acids is 2. The number of unbranched alkanes of at least 4 members (excludes halogenated alkanes) is 2. The van der Waals surface area contributed by atoms with Gasteiger partial charge in [0.25, 0.3) is 0 Å². The third-order valence-electron chi connectivity index (χ3n) is 10.7. The minimum Gasteiger partial charge on any atom is -0.497 e. The van der Waals surface area contributed by atoms with Crippen molar-refractivity contribution in [2.45, 2.75) is 109 Å². The normalized spacial score (nSPS) is 12.2. The molecule has 0 bridgehead atoms. The molecule has 0 radical (unpaired) electrons. The first-order valence-electron chi connectivity index (χ1n) is 21.0. The lowest BCUT2D eigenvalue weighted by molar-refractivity contribution is -0.139. The number of aromatic nitrogens is 1. The zero-order valence-corrected chi connectivity index (χ0v) is 39.6. The molecule has 2 N–H and O–H groups in total. The van der Waals surface area contributed by atoms with E-state index in [1.807, 2.05) is 59.2 Å². The highest BCUT2D eigenvalue weighted by Crippen LogP contribution is 2.42. The van der Waals surface area contributed by atoms with Crippen LogP contribution in [0.3, 0.4) is 0 Å². The minimum atomic E-state index is -0.988. The van der Waals surface area contributed by atoms with Crippen molar-refractivity contribution in [1.29, 1.82) is 0 Å². The minimum absolute atomic E-state index is 0.000622. The monoisotopic (exact) mass is 905 g/mol. The highest BCUT2D eigenvalue weighted by atomic mass is 32.2. The molecule has 0 aliphatic carbocycles. The zero-order chi connectivity index (χ0) is 43.9. The number of aryl methyl sites for hydroxylation is 3. The Kier molecular flexibility index (Phi) is 18.6. The lowest BCUT2D eigenvalue weighted by Gasteiger charge is -2.17. The molecule has 6 aromatic rings. The standard InChI is InChI=1S/C26H32O5S.C22H27NO3S3/c1-5-6-7-19(26-18(3)22-10-8-20(29-4)15-24(22)32-26)12-13-30-21-9-11-23(17(2)14-21)31-16-25(27)28;1-4-5-6-15(9-10-27-22-23-16(13-28-22)11-20(24)25)21-14(2)18-8-7-17(26-3)12-19(18)29-21/h8-11,14-15,19H,5-7,12-13,16H2,1-4H3,(H,27,28);7-8,12-13,15H,4-6,9-11H2,1-3H3,(H,24,25). The Labute approximate surface area is 376 Å². The third kappa shape index (κ3) is 13.6. The molecule has 3 heterocycles. The van der Waals surface area contributed by atoms with E-state index in [9.17, 15) is 9.59 Å². The van der Waals surface area contributed by atoms with Gasteiger partial charge in [0.15, 0.2) is 6.61 Å². The van der Waals surface area contributed by atoms with E-state index >= 15 is 0 Å². The molecule has 6 rings (SSSR count). The molecular formula is C48H59NO8S4. The average molecular weight is 906 g/mol. The summed E-state index contributed by atoms with van der Waals surface area (Å²) in [5, 5.41) is 22.2. The van der Waals surface area contributed by atoms with Crippen molar-refractivity contribution in [1.82, 2.24) is 4.98 Å². The molecule has 0 saturated carbocycles. The van der Waals surface area contributed by atoms with Gasteiger partial charge in [-0.25, -0.2) is 9.78 Å². The average Bonchev–Trinajstić information content (AvgIpc) is 3.93. The molecule has 0 aliphatic rings. The molecule has 0 saturated heterocycles. The van der Waals surface area contributed by atoms with Crippen LogP contribution in [0.25, 0.3) is 20.2 Å². The van der Waals surface area contributed by atoms with Crippen LogP contribution in [0.2, 0.25) is 0 Å². The van der Waals surface area contributed by atoms with Crippen LogP contribution in [-0.2, 0) is 16.0 Å². The lowest BCUT2D eigenvalue weighted by atomic mass is 9.94. The summed E-state index contributed by atoms with van der Waals surface area (Å²) in [4.78, 5) is 28.9. The number of methoxy groups -OCH3 is 2. The number of nitrogens with zero attached hydrogens (tertiary/aromatic N) is 1. The zero-order valence-electron chi connectivity index (χ0n) is 36.3. The maximum absolute atomic E-state index is 10.8. The molecule has 9 nitrogen and oxygen atoms in total. The second kappa shape index (κ2) is 23.8. The van der Waals surface area contributed by atoms with Gasteiger partial charge in [-0.3, -0.25) is 4.79 Å². The fourth-order valence-electron chi connectivity index (χ4n) is 7.41. The van der Waals surface area contributed by atoms with Crippen LogP contribution in [0.5, 0.6) is 23.0 Å². The van der Waals surface area contributed by atoms with Crippen molar-refractivity contribution in [3.05, 3.63) is 92.1 Å². The smallest absolute Gasteiger partial charge is 0.341 e. The van der Waals surface area contributed by atoms with Gasteiger partial charge in [-0.05, 0) is 140 Å². The van der Waals surface area contributed by atoms with Gasteiger partial charge in [0.2, 0.25) is 0 Å². The van der Waals surface area contributed by atoms with E-state index in [4.69, 9.17) is 29.2 Å². The number of hydrogen-bond donors (Lipinski definition) is 2. The molecule has 13 heteroatoms. The van der Waals surface area contributed by atoms with Gasteiger partial charge in [-0.15, -0.1) is 34.0 Å². The van der Waals surface area contributed by atoms with E-state index in [1.54, 1.807) is 43.4 Å². The van der Waals surface area contributed by atoms with Gasteiger partial charge in [-0.1, -0.05) is 51.3 Å². The quantitative estimate of drug-likeness (QED) is 0.0601. The summed E-state index contributed by atoms with van der Waals surface area (Å²) in [6.45, 7) is 11.1. The van der Waals surface area contributed by atoms with Crippen molar-refractivity contribution in [3.8, 4) is 23.0 Å². The SMILES string of the molecule is CCCCC(CCOc1ccc(OCC(=O)O)c(C)c1)c1sc2cc(OC)ccc2c1C.CCCCC(CCSc1nc(CC(=O)O)cs1)c1sc2cc(OC)ccc2c1C. The van der Waals surface area contributed by atoms with Crippen LogP contribution < -0.4 is 18.9 Å². The van der Waals surface area contributed by atoms with Crippen molar-refractivity contribution >= 4 is 77.9 Å². The van der Waals surface area contributed by atoms with Gasteiger partial charge in [0, 0.05) is 30.3 Å². The molecule has 3 aromatic heterocycles. The van der Waals surface area contributed by atoms with E-state index in [0.717, 1.165) is 52.2 Å². The third-order valence-corrected chi connectivity index (χ3v) is 15.6. The summed E-state index contributed by atoms with van der Waals surface area (Å²) >= 11 is 7.06. The molecule has 0 aliphatic heterocycles. The first-order chi connectivity index (χ1) is 29.4. The number of benzene rings is 3. The Morgan fingerprint density at radius 2 is 1.30 bits per heavy atom. The van der Waals surface area contributed by atoms with E-state index in [1.165, 1.54) is 73.2 Å². The van der Waals surface area contributed by atoms with E-state index in [2.05, 4.69) is 56.9 Å². The number of ether oxygens (including phenoxy) is 4. The number of carboxylic acid groups (broad SMARTS) is 2. The Hall–Kier alpha value is -4.30. The summed E-state index contributed by atoms with van der Waals surface area (Å²) in [6, 6.07) is 18.2. The summed E-state index contributed by atoms with van der Waals surface area (Å²) < 4.78 is 25.7. The number of fused-ring (bicyclic) bond motifs is 2. The number of thiazole rings is 1. The molecule has 0 spiro atoms. The van der Waals surface area contributed by atoms with Gasteiger partial charge in [-0.2, -0.15) is 0 Å². The first-order valence-corrected chi connectivity index (χ1v) is 24.4. The molecule has 2 atom stereocenters. The Balaban J connectivity index is 0.000000232. The van der Waals surface area contributed by atoms with Gasteiger partial charge in [0.05, 0.1) is 32.9 Å². The number of thioether (sulfide) groups is 1. The van der Waals surface area contributed by atoms with Crippen molar-refractivity contribution < 1.29 is 38.7 Å². The first kappa shape index (κ1) is 47.7. The van der Waals surface area contributed by atoms with E-state index in [-0.39, 0.29) is 13.0 Å². The topological polar surface area (TPSA) is 124 Å². The van der Waals surface area contributed by atoms with E-state index < -0.39 is 11.9 Å². The number of thiophene rings is 2. The predicted octanol–water partition coefficient (Wildman–Crippen LogP) is 13.5. The van der Waals surface area contributed by atoms with Crippen molar-refractivity contribution in [2.24, 2.45) is 0 Å². The molecule has 0 amide bonds.